The minimum atomic E-state index is 0.529. The van der Waals surface area contributed by atoms with Crippen LogP contribution in [-0.4, -0.2) is 25.3 Å². The van der Waals surface area contributed by atoms with Crippen LogP contribution in [0, 0.1) is 17.8 Å². The standard InChI is InChI=1S/C16H29NO/c1-2-3-15-10-14(8-9-18-15)17-11-16(12-4-5-12)13-6-7-13/h12-17H,2-11H2,1H3. The Morgan fingerprint density at radius 1 is 1.11 bits per heavy atom. The van der Waals surface area contributed by atoms with Crippen LogP contribution in [0.3, 0.4) is 0 Å². The summed E-state index contributed by atoms with van der Waals surface area (Å²) in [5.74, 6) is 3.17. The van der Waals surface area contributed by atoms with Crippen LogP contribution in [0.2, 0.25) is 0 Å². The van der Waals surface area contributed by atoms with Crippen molar-refractivity contribution in [3.05, 3.63) is 0 Å². The molecule has 0 aromatic carbocycles. The Kier molecular flexibility index (Phi) is 4.25. The van der Waals surface area contributed by atoms with Crippen molar-refractivity contribution in [1.82, 2.24) is 5.32 Å². The third-order valence-corrected chi connectivity index (χ3v) is 5.08. The summed E-state index contributed by atoms with van der Waals surface area (Å²) in [7, 11) is 0. The number of rotatable bonds is 7. The summed E-state index contributed by atoms with van der Waals surface area (Å²) in [6.07, 6.45) is 11.5. The predicted molar refractivity (Wildman–Crippen MR) is 74.6 cm³/mol. The second-order valence-electron chi connectivity index (χ2n) is 6.75. The van der Waals surface area contributed by atoms with E-state index in [2.05, 4.69) is 12.2 Å². The van der Waals surface area contributed by atoms with Crippen molar-refractivity contribution >= 4 is 0 Å². The van der Waals surface area contributed by atoms with Crippen molar-refractivity contribution < 1.29 is 4.74 Å². The normalized spacial score (nSPS) is 33.0. The highest BCUT2D eigenvalue weighted by Crippen LogP contribution is 2.48. The molecule has 0 aromatic heterocycles. The van der Waals surface area contributed by atoms with E-state index >= 15 is 0 Å². The molecule has 2 nitrogen and oxygen atoms in total. The Labute approximate surface area is 112 Å². The van der Waals surface area contributed by atoms with Gasteiger partial charge in [0.15, 0.2) is 0 Å². The minimum Gasteiger partial charge on any atom is -0.378 e. The van der Waals surface area contributed by atoms with Gasteiger partial charge in [-0.15, -0.1) is 0 Å². The summed E-state index contributed by atoms with van der Waals surface area (Å²) >= 11 is 0. The maximum absolute atomic E-state index is 5.83. The second-order valence-corrected chi connectivity index (χ2v) is 6.75. The molecular weight excluding hydrogens is 222 g/mol. The summed E-state index contributed by atoms with van der Waals surface area (Å²) in [5, 5.41) is 3.87. The third-order valence-electron chi connectivity index (χ3n) is 5.08. The molecule has 2 atom stereocenters. The van der Waals surface area contributed by atoms with Crippen LogP contribution in [0.5, 0.6) is 0 Å². The van der Waals surface area contributed by atoms with Crippen molar-refractivity contribution in [1.29, 1.82) is 0 Å². The molecular formula is C16H29NO. The van der Waals surface area contributed by atoms with Crippen LogP contribution < -0.4 is 5.32 Å². The summed E-state index contributed by atoms with van der Waals surface area (Å²) in [5.41, 5.74) is 0. The average Bonchev–Trinajstić information content (AvgIpc) is 3.25. The monoisotopic (exact) mass is 251 g/mol. The van der Waals surface area contributed by atoms with E-state index in [1.165, 1.54) is 57.9 Å². The summed E-state index contributed by atoms with van der Waals surface area (Å²) in [6.45, 7) is 4.52. The van der Waals surface area contributed by atoms with E-state index in [0.717, 1.165) is 30.4 Å². The lowest BCUT2D eigenvalue weighted by Crippen LogP contribution is -2.41. The number of nitrogens with one attached hydrogen (secondary N) is 1. The van der Waals surface area contributed by atoms with Gasteiger partial charge in [-0.05, 0) is 69.2 Å². The highest BCUT2D eigenvalue weighted by molar-refractivity contribution is 4.93. The minimum absolute atomic E-state index is 0.529. The Balaban J connectivity index is 1.41. The van der Waals surface area contributed by atoms with Gasteiger partial charge >= 0.3 is 0 Å². The second kappa shape index (κ2) is 5.92. The number of ether oxygens (including phenoxy) is 1. The van der Waals surface area contributed by atoms with Gasteiger partial charge in [0.05, 0.1) is 6.10 Å². The lowest BCUT2D eigenvalue weighted by molar-refractivity contribution is -0.00396. The number of hydrogen-bond donors (Lipinski definition) is 1. The number of hydrogen-bond acceptors (Lipinski definition) is 2. The van der Waals surface area contributed by atoms with Gasteiger partial charge in [-0.3, -0.25) is 0 Å². The van der Waals surface area contributed by atoms with Crippen LogP contribution in [0.25, 0.3) is 0 Å². The summed E-state index contributed by atoms with van der Waals surface area (Å²) < 4.78 is 5.83. The molecule has 0 bridgehead atoms. The van der Waals surface area contributed by atoms with Gasteiger partial charge in [-0.25, -0.2) is 0 Å². The van der Waals surface area contributed by atoms with E-state index in [9.17, 15) is 0 Å². The Morgan fingerprint density at radius 3 is 2.44 bits per heavy atom. The van der Waals surface area contributed by atoms with Gasteiger partial charge in [-0.2, -0.15) is 0 Å². The lowest BCUT2D eigenvalue weighted by Gasteiger charge is -2.31. The largest absolute Gasteiger partial charge is 0.378 e. The van der Waals surface area contributed by atoms with Crippen LogP contribution in [0.1, 0.15) is 58.3 Å². The molecule has 1 saturated heterocycles. The first kappa shape index (κ1) is 12.9. The van der Waals surface area contributed by atoms with E-state index in [1.54, 1.807) is 0 Å². The maximum Gasteiger partial charge on any atom is 0.0589 e. The molecule has 104 valence electrons. The van der Waals surface area contributed by atoms with Crippen LogP contribution in [0.4, 0.5) is 0 Å². The zero-order valence-corrected chi connectivity index (χ0v) is 11.9. The highest BCUT2D eigenvalue weighted by Gasteiger charge is 2.41. The molecule has 2 unspecified atom stereocenters. The van der Waals surface area contributed by atoms with Crippen molar-refractivity contribution in [3.63, 3.8) is 0 Å². The summed E-state index contributed by atoms with van der Waals surface area (Å²) in [4.78, 5) is 0. The van der Waals surface area contributed by atoms with Crippen LogP contribution in [0.15, 0.2) is 0 Å². The average molecular weight is 251 g/mol. The lowest BCUT2D eigenvalue weighted by atomic mass is 9.95. The van der Waals surface area contributed by atoms with Crippen LogP contribution >= 0.6 is 0 Å². The van der Waals surface area contributed by atoms with Crippen molar-refractivity contribution in [2.24, 2.45) is 17.8 Å². The summed E-state index contributed by atoms with van der Waals surface area (Å²) in [6, 6.07) is 0.732. The maximum atomic E-state index is 5.83. The topological polar surface area (TPSA) is 21.3 Å². The first-order valence-electron chi connectivity index (χ1n) is 8.21. The van der Waals surface area contributed by atoms with Gasteiger partial charge < -0.3 is 10.1 Å². The van der Waals surface area contributed by atoms with Gasteiger partial charge in [0.1, 0.15) is 0 Å². The third kappa shape index (κ3) is 3.48. The van der Waals surface area contributed by atoms with E-state index < -0.39 is 0 Å². The Bertz CT molecular complexity index is 246. The molecule has 0 amide bonds. The first-order chi connectivity index (χ1) is 8.86. The van der Waals surface area contributed by atoms with Gasteiger partial charge in [0.25, 0.3) is 0 Å². The molecule has 2 heteroatoms. The Morgan fingerprint density at radius 2 is 1.83 bits per heavy atom. The van der Waals surface area contributed by atoms with Crippen molar-refractivity contribution in [2.75, 3.05) is 13.2 Å². The van der Waals surface area contributed by atoms with E-state index in [0.29, 0.717) is 6.10 Å². The zero-order chi connectivity index (χ0) is 12.4. The molecule has 0 spiro atoms. The first-order valence-corrected chi connectivity index (χ1v) is 8.21. The molecule has 0 radical (unpaired) electrons. The van der Waals surface area contributed by atoms with E-state index in [-0.39, 0.29) is 0 Å². The van der Waals surface area contributed by atoms with E-state index in [1.807, 2.05) is 0 Å². The molecule has 2 saturated carbocycles. The van der Waals surface area contributed by atoms with Gasteiger partial charge in [-0.1, -0.05) is 13.3 Å². The van der Waals surface area contributed by atoms with Gasteiger partial charge in [0.2, 0.25) is 0 Å². The Hall–Kier alpha value is -0.0800. The van der Waals surface area contributed by atoms with Crippen molar-refractivity contribution in [3.8, 4) is 0 Å². The van der Waals surface area contributed by atoms with Crippen LogP contribution in [-0.2, 0) is 4.74 Å². The molecule has 3 rings (SSSR count). The fourth-order valence-electron chi connectivity index (χ4n) is 3.66. The van der Waals surface area contributed by atoms with Crippen molar-refractivity contribution in [2.45, 2.75) is 70.4 Å². The fraction of sp³-hybridized carbons (Fsp3) is 1.00. The molecule has 0 aromatic rings. The highest BCUT2D eigenvalue weighted by atomic mass is 16.5. The molecule has 3 fully saturated rings. The van der Waals surface area contributed by atoms with Gasteiger partial charge in [0, 0.05) is 12.6 Å². The quantitative estimate of drug-likeness (QED) is 0.749. The molecule has 1 aliphatic heterocycles. The molecule has 18 heavy (non-hydrogen) atoms. The predicted octanol–water partition coefficient (Wildman–Crippen LogP) is 3.36. The zero-order valence-electron chi connectivity index (χ0n) is 11.9. The molecule has 1 N–H and O–H groups in total. The molecule has 3 aliphatic rings. The molecule has 2 aliphatic carbocycles. The fourth-order valence-corrected chi connectivity index (χ4v) is 3.66. The molecule has 1 heterocycles. The van der Waals surface area contributed by atoms with E-state index in [4.69, 9.17) is 4.74 Å². The SMILES string of the molecule is CCCC1CC(NCC(C2CC2)C2CC2)CCO1. The smallest absolute Gasteiger partial charge is 0.0589 e.